The molecule has 4 aromatic rings. The van der Waals surface area contributed by atoms with Crippen LogP contribution in [0.4, 0.5) is 0 Å². The van der Waals surface area contributed by atoms with E-state index >= 15 is 0 Å². The van der Waals surface area contributed by atoms with Crippen LogP contribution >= 0.6 is 46.4 Å². The van der Waals surface area contributed by atoms with E-state index < -0.39 is 29.2 Å². The van der Waals surface area contributed by atoms with Crippen molar-refractivity contribution in [3.8, 4) is 0 Å². The molecule has 0 amide bonds. The Labute approximate surface area is 265 Å². The fourth-order valence-electron chi connectivity index (χ4n) is 6.36. The van der Waals surface area contributed by atoms with E-state index in [9.17, 15) is 10.2 Å². The molecule has 4 aromatic carbocycles. The molecule has 8 heteroatoms. The molecule has 0 aromatic heterocycles. The van der Waals surface area contributed by atoms with Gasteiger partial charge in [-0.1, -0.05) is 101 Å². The number of ether oxygens (including phenoxy) is 2. The number of benzene rings is 4. The number of halogens is 4. The summed E-state index contributed by atoms with van der Waals surface area (Å²) in [6.07, 6.45) is 2.01. The number of aliphatic hydroxyl groups is 2. The maximum absolute atomic E-state index is 13.0. The molecule has 2 N–H and O–H groups in total. The van der Waals surface area contributed by atoms with Crippen LogP contribution in [0.2, 0.25) is 20.1 Å². The summed E-state index contributed by atoms with van der Waals surface area (Å²) >= 11 is 25.1. The highest BCUT2D eigenvalue weighted by atomic mass is 35.5. The number of hydrogen-bond donors (Lipinski definition) is 2. The summed E-state index contributed by atoms with van der Waals surface area (Å²) in [7, 11) is 0. The van der Waals surface area contributed by atoms with Crippen LogP contribution in [0.25, 0.3) is 0 Å². The SMILES string of the molecule is OC(c1ccc(Cl)cc1)(c1ccc(Cl)cc1)[C@@H]1OC2(CCCCC2)O[C@H]1C(O)(c1ccc(Cl)cc1)c1ccc(Cl)cc1. The Morgan fingerprint density at radius 3 is 1.00 bits per heavy atom. The molecule has 2 aliphatic rings. The molecule has 0 radical (unpaired) electrons. The van der Waals surface area contributed by atoms with Gasteiger partial charge in [-0.2, -0.15) is 0 Å². The van der Waals surface area contributed by atoms with Crippen molar-refractivity contribution in [3.05, 3.63) is 139 Å². The highest BCUT2D eigenvalue weighted by Crippen LogP contribution is 2.53. The van der Waals surface area contributed by atoms with Gasteiger partial charge in [0.25, 0.3) is 0 Å². The Hall–Kier alpha value is -2.12. The molecule has 1 saturated heterocycles. The van der Waals surface area contributed by atoms with Crippen molar-refractivity contribution >= 4 is 46.4 Å². The van der Waals surface area contributed by atoms with Gasteiger partial charge in [0.2, 0.25) is 0 Å². The van der Waals surface area contributed by atoms with Gasteiger partial charge in [-0.05, 0) is 83.6 Å². The molecule has 1 saturated carbocycles. The first-order chi connectivity index (χ1) is 20.1. The first kappa shape index (κ1) is 29.9. The monoisotopic (exact) mass is 642 g/mol. The molecule has 1 aliphatic heterocycles. The molecule has 1 aliphatic carbocycles. The van der Waals surface area contributed by atoms with Gasteiger partial charge < -0.3 is 19.7 Å². The summed E-state index contributed by atoms with van der Waals surface area (Å²) in [6.45, 7) is 0. The second-order valence-electron chi connectivity index (χ2n) is 11.1. The minimum atomic E-state index is -1.77. The minimum Gasteiger partial charge on any atom is -0.378 e. The normalized spacial score (nSPS) is 20.6. The lowest BCUT2D eigenvalue weighted by atomic mass is 9.72. The maximum Gasteiger partial charge on any atom is 0.169 e. The van der Waals surface area contributed by atoms with Crippen LogP contribution in [-0.2, 0) is 20.7 Å². The van der Waals surface area contributed by atoms with Crippen molar-refractivity contribution in [2.45, 2.75) is 61.3 Å². The molecule has 1 heterocycles. The van der Waals surface area contributed by atoms with E-state index in [1.54, 1.807) is 97.1 Å². The summed E-state index contributed by atoms with van der Waals surface area (Å²) in [5, 5.41) is 28.2. The maximum atomic E-state index is 13.0. The van der Waals surface area contributed by atoms with Crippen molar-refractivity contribution in [3.63, 3.8) is 0 Å². The standard InChI is InChI=1S/C34H30Cl4O4/c35-26-12-4-22(5-13-26)33(39,23-6-14-27(36)15-7-23)30-31(42-32(41-30)20-2-1-3-21-32)34(40,24-8-16-28(37)17-9-24)25-10-18-29(38)19-11-25/h4-19,30-31,39-40H,1-3,20-21H2/t30-,31-/m1/s1. The Morgan fingerprint density at radius 2 is 0.738 bits per heavy atom. The molecule has 4 nitrogen and oxygen atoms in total. The predicted octanol–water partition coefficient (Wildman–Crippen LogP) is 8.92. The molecule has 218 valence electrons. The molecule has 0 bridgehead atoms. The van der Waals surface area contributed by atoms with E-state index in [1.165, 1.54) is 0 Å². The van der Waals surface area contributed by atoms with Gasteiger partial charge in [-0.15, -0.1) is 0 Å². The van der Waals surface area contributed by atoms with E-state index in [4.69, 9.17) is 55.9 Å². The minimum absolute atomic E-state index is 0.528. The van der Waals surface area contributed by atoms with Crippen molar-refractivity contribution in [2.75, 3.05) is 0 Å². The number of hydrogen-bond acceptors (Lipinski definition) is 4. The summed E-state index contributed by atoms with van der Waals surface area (Å²) in [6, 6.07) is 28.0. The van der Waals surface area contributed by atoms with E-state index in [0.717, 1.165) is 19.3 Å². The lowest BCUT2D eigenvalue weighted by molar-refractivity contribution is -0.213. The lowest BCUT2D eigenvalue weighted by Gasteiger charge is -2.42. The molecule has 2 fully saturated rings. The van der Waals surface area contributed by atoms with Crippen molar-refractivity contribution in [1.82, 2.24) is 0 Å². The lowest BCUT2D eigenvalue weighted by Crippen LogP contribution is -2.55. The van der Waals surface area contributed by atoms with Crippen molar-refractivity contribution in [2.24, 2.45) is 0 Å². The van der Waals surface area contributed by atoms with Crippen LogP contribution in [0.5, 0.6) is 0 Å². The number of rotatable bonds is 6. The van der Waals surface area contributed by atoms with Crippen LogP contribution in [0, 0.1) is 0 Å². The summed E-state index contributed by atoms with van der Waals surface area (Å²) in [5.41, 5.74) is -1.39. The van der Waals surface area contributed by atoms with Crippen LogP contribution in [0.3, 0.4) is 0 Å². The fourth-order valence-corrected chi connectivity index (χ4v) is 6.86. The van der Waals surface area contributed by atoms with Crippen LogP contribution in [-0.4, -0.2) is 28.2 Å². The third-order valence-electron chi connectivity index (χ3n) is 8.53. The van der Waals surface area contributed by atoms with Gasteiger partial charge in [-0.3, -0.25) is 0 Å². The molecular weight excluding hydrogens is 614 g/mol. The van der Waals surface area contributed by atoms with Gasteiger partial charge in [0, 0.05) is 32.9 Å². The van der Waals surface area contributed by atoms with E-state index in [0.29, 0.717) is 55.2 Å². The van der Waals surface area contributed by atoms with Crippen LogP contribution < -0.4 is 0 Å². The molecule has 2 atom stereocenters. The summed E-state index contributed by atoms with van der Waals surface area (Å²) in [4.78, 5) is 0. The zero-order valence-electron chi connectivity index (χ0n) is 22.7. The molecule has 42 heavy (non-hydrogen) atoms. The molecule has 6 rings (SSSR count). The topological polar surface area (TPSA) is 58.9 Å². The second-order valence-corrected chi connectivity index (χ2v) is 12.9. The quantitative estimate of drug-likeness (QED) is 0.220. The Bertz CT molecular complexity index is 1310. The fraction of sp³-hybridized carbons (Fsp3) is 0.294. The van der Waals surface area contributed by atoms with E-state index in [2.05, 4.69) is 0 Å². The molecular formula is C34H30Cl4O4. The van der Waals surface area contributed by atoms with Gasteiger partial charge in [0.15, 0.2) is 5.79 Å². The predicted molar refractivity (Wildman–Crippen MR) is 167 cm³/mol. The third-order valence-corrected chi connectivity index (χ3v) is 9.54. The zero-order valence-corrected chi connectivity index (χ0v) is 25.7. The van der Waals surface area contributed by atoms with Gasteiger partial charge in [-0.25, -0.2) is 0 Å². The van der Waals surface area contributed by atoms with Crippen LogP contribution in [0.1, 0.15) is 54.4 Å². The average molecular weight is 644 g/mol. The van der Waals surface area contributed by atoms with Crippen molar-refractivity contribution in [1.29, 1.82) is 0 Å². The van der Waals surface area contributed by atoms with Crippen LogP contribution in [0.15, 0.2) is 97.1 Å². The van der Waals surface area contributed by atoms with Crippen molar-refractivity contribution < 1.29 is 19.7 Å². The van der Waals surface area contributed by atoms with Gasteiger partial charge >= 0.3 is 0 Å². The first-order valence-corrected chi connectivity index (χ1v) is 15.5. The molecule has 1 spiro atoms. The first-order valence-electron chi connectivity index (χ1n) is 14.0. The summed E-state index contributed by atoms with van der Waals surface area (Å²) in [5.74, 6) is -0.993. The van der Waals surface area contributed by atoms with E-state index in [-0.39, 0.29) is 0 Å². The second kappa shape index (κ2) is 11.8. The smallest absolute Gasteiger partial charge is 0.169 e. The summed E-state index contributed by atoms with van der Waals surface area (Å²) < 4.78 is 13.8. The van der Waals surface area contributed by atoms with Gasteiger partial charge in [0.1, 0.15) is 23.4 Å². The zero-order chi connectivity index (χ0) is 29.5. The Balaban J connectivity index is 1.60. The highest BCUT2D eigenvalue weighted by Gasteiger charge is 2.63. The average Bonchev–Trinajstić information content (AvgIpc) is 3.37. The third kappa shape index (κ3) is 5.38. The largest absolute Gasteiger partial charge is 0.378 e. The van der Waals surface area contributed by atoms with Gasteiger partial charge in [0.05, 0.1) is 0 Å². The highest BCUT2D eigenvalue weighted by molar-refractivity contribution is 6.31. The Morgan fingerprint density at radius 1 is 0.476 bits per heavy atom. The van der Waals surface area contributed by atoms with E-state index in [1.807, 2.05) is 0 Å². The Kier molecular flexibility index (Phi) is 8.38. The molecule has 0 unspecified atom stereocenters.